The highest BCUT2D eigenvalue weighted by atomic mass is 35.5. The second-order valence-corrected chi connectivity index (χ2v) is 5.99. The summed E-state index contributed by atoms with van der Waals surface area (Å²) in [6.45, 7) is 0.576. The Kier molecular flexibility index (Phi) is 3.97. The van der Waals surface area contributed by atoms with E-state index >= 15 is 0 Å². The molecule has 2 aromatic rings. The fourth-order valence-electron chi connectivity index (χ4n) is 2.13. The van der Waals surface area contributed by atoms with E-state index in [0.717, 1.165) is 11.1 Å². The molecule has 3 rings (SSSR count). The van der Waals surface area contributed by atoms with Gasteiger partial charge in [0.2, 0.25) is 0 Å². The van der Waals surface area contributed by atoms with Gasteiger partial charge in [0.1, 0.15) is 5.82 Å². The van der Waals surface area contributed by atoms with Gasteiger partial charge in [0, 0.05) is 28.2 Å². The first-order valence-corrected chi connectivity index (χ1v) is 7.36. The maximum absolute atomic E-state index is 14.1. The standard InChI is InChI=1S/C16H14Cl2FN/c17-13-5-12(6-14(18)8-13)10-1-2-11(16(19)7-10)9-20-15-3-4-15/h1-2,5-8,15,20H,3-4,9H2. The van der Waals surface area contributed by atoms with E-state index in [1.807, 2.05) is 12.1 Å². The van der Waals surface area contributed by atoms with Gasteiger partial charge in [0.25, 0.3) is 0 Å². The van der Waals surface area contributed by atoms with Crippen molar-refractivity contribution in [2.24, 2.45) is 0 Å². The molecule has 0 bridgehead atoms. The molecule has 0 radical (unpaired) electrons. The molecule has 0 amide bonds. The van der Waals surface area contributed by atoms with E-state index in [-0.39, 0.29) is 5.82 Å². The second-order valence-electron chi connectivity index (χ2n) is 5.12. The molecule has 1 N–H and O–H groups in total. The molecule has 20 heavy (non-hydrogen) atoms. The predicted octanol–water partition coefficient (Wildman–Crippen LogP) is 5.05. The monoisotopic (exact) mass is 309 g/mol. The molecule has 0 spiro atoms. The third-order valence-electron chi connectivity index (χ3n) is 3.41. The Bertz CT molecular complexity index is 618. The Labute approximate surface area is 127 Å². The van der Waals surface area contributed by atoms with Crippen LogP contribution >= 0.6 is 23.2 Å². The minimum atomic E-state index is -0.202. The number of hydrogen-bond donors (Lipinski definition) is 1. The number of hydrogen-bond acceptors (Lipinski definition) is 1. The molecule has 0 saturated heterocycles. The van der Waals surface area contributed by atoms with E-state index in [2.05, 4.69) is 5.32 Å². The quantitative estimate of drug-likeness (QED) is 0.833. The maximum Gasteiger partial charge on any atom is 0.128 e. The van der Waals surface area contributed by atoms with Crippen LogP contribution in [0.5, 0.6) is 0 Å². The van der Waals surface area contributed by atoms with Gasteiger partial charge in [-0.2, -0.15) is 0 Å². The van der Waals surface area contributed by atoms with Gasteiger partial charge in [-0.3, -0.25) is 0 Å². The summed E-state index contributed by atoms with van der Waals surface area (Å²) in [6.07, 6.45) is 2.39. The first-order valence-electron chi connectivity index (χ1n) is 6.60. The summed E-state index contributed by atoms with van der Waals surface area (Å²) in [5.41, 5.74) is 2.29. The summed E-state index contributed by atoms with van der Waals surface area (Å²) in [4.78, 5) is 0. The Morgan fingerprint density at radius 2 is 1.70 bits per heavy atom. The van der Waals surface area contributed by atoms with Crippen LogP contribution in [-0.2, 0) is 6.54 Å². The number of benzene rings is 2. The molecular formula is C16H14Cl2FN. The summed E-state index contributed by atoms with van der Waals surface area (Å²) >= 11 is 11.9. The Morgan fingerprint density at radius 3 is 2.30 bits per heavy atom. The average Bonchev–Trinajstić information content (AvgIpc) is 3.20. The van der Waals surface area contributed by atoms with E-state index in [1.54, 1.807) is 18.2 Å². The van der Waals surface area contributed by atoms with Crippen LogP contribution < -0.4 is 5.32 Å². The zero-order valence-corrected chi connectivity index (χ0v) is 12.3. The van der Waals surface area contributed by atoms with Gasteiger partial charge >= 0.3 is 0 Å². The molecule has 1 nitrogen and oxygen atoms in total. The van der Waals surface area contributed by atoms with Crippen LogP contribution in [0.15, 0.2) is 36.4 Å². The van der Waals surface area contributed by atoms with Crippen molar-refractivity contribution in [3.8, 4) is 11.1 Å². The first kappa shape index (κ1) is 13.9. The Hall–Kier alpha value is -1.09. The molecule has 0 heterocycles. The highest BCUT2D eigenvalue weighted by molar-refractivity contribution is 6.35. The van der Waals surface area contributed by atoms with Crippen molar-refractivity contribution in [2.75, 3.05) is 0 Å². The van der Waals surface area contributed by atoms with Crippen molar-refractivity contribution in [1.29, 1.82) is 0 Å². The number of rotatable bonds is 4. The van der Waals surface area contributed by atoms with Crippen molar-refractivity contribution >= 4 is 23.2 Å². The summed E-state index contributed by atoms with van der Waals surface area (Å²) in [7, 11) is 0. The molecule has 4 heteroatoms. The van der Waals surface area contributed by atoms with Gasteiger partial charge in [-0.05, 0) is 48.2 Å². The average molecular weight is 310 g/mol. The van der Waals surface area contributed by atoms with Gasteiger partial charge in [0.05, 0.1) is 0 Å². The summed E-state index contributed by atoms with van der Waals surface area (Å²) in [5.74, 6) is -0.202. The highest BCUT2D eigenvalue weighted by Crippen LogP contribution is 2.28. The molecule has 0 aliphatic heterocycles. The fraction of sp³-hybridized carbons (Fsp3) is 0.250. The zero-order valence-electron chi connectivity index (χ0n) is 10.8. The SMILES string of the molecule is Fc1cc(-c2cc(Cl)cc(Cl)c2)ccc1CNC1CC1. The van der Waals surface area contributed by atoms with Gasteiger partial charge in [-0.15, -0.1) is 0 Å². The van der Waals surface area contributed by atoms with Crippen LogP contribution in [0.25, 0.3) is 11.1 Å². The van der Waals surface area contributed by atoms with Crippen LogP contribution in [0.4, 0.5) is 4.39 Å². The highest BCUT2D eigenvalue weighted by Gasteiger charge is 2.20. The smallest absolute Gasteiger partial charge is 0.128 e. The van der Waals surface area contributed by atoms with Crippen LogP contribution in [0.1, 0.15) is 18.4 Å². The zero-order chi connectivity index (χ0) is 14.1. The van der Waals surface area contributed by atoms with Crippen molar-refractivity contribution in [2.45, 2.75) is 25.4 Å². The molecule has 1 aliphatic carbocycles. The fourth-order valence-corrected chi connectivity index (χ4v) is 2.66. The lowest BCUT2D eigenvalue weighted by Gasteiger charge is -2.08. The largest absolute Gasteiger partial charge is 0.310 e. The van der Waals surface area contributed by atoms with Crippen molar-refractivity contribution < 1.29 is 4.39 Å². The van der Waals surface area contributed by atoms with Crippen molar-refractivity contribution in [3.63, 3.8) is 0 Å². The molecule has 0 unspecified atom stereocenters. The third kappa shape index (κ3) is 3.32. The molecule has 104 valence electrons. The summed E-state index contributed by atoms with van der Waals surface area (Å²) < 4.78 is 14.1. The van der Waals surface area contributed by atoms with E-state index in [4.69, 9.17) is 23.2 Å². The van der Waals surface area contributed by atoms with Crippen molar-refractivity contribution in [3.05, 3.63) is 57.8 Å². The Balaban J connectivity index is 1.84. The molecular weight excluding hydrogens is 296 g/mol. The lowest BCUT2D eigenvalue weighted by Crippen LogP contribution is -2.16. The van der Waals surface area contributed by atoms with Crippen LogP contribution in [-0.4, -0.2) is 6.04 Å². The van der Waals surface area contributed by atoms with E-state index in [0.29, 0.717) is 28.2 Å². The maximum atomic E-state index is 14.1. The molecule has 0 atom stereocenters. The second kappa shape index (κ2) is 5.72. The van der Waals surface area contributed by atoms with E-state index in [1.165, 1.54) is 18.9 Å². The minimum Gasteiger partial charge on any atom is -0.310 e. The third-order valence-corrected chi connectivity index (χ3v) is 3.84. The van der Waals surface area contributed by atoms with Gasteiger partial charge in [0.15, 0.2) is 0 Å². The summed E-state index contributed by atoms with van der Waals surface area (Å²) in [5, 5.41) is 4.41. The Morgan fingerprint density at radius 1 is 1.00 bits per heavy atom. The lowest BCUT2D eigenvalue weighted by molar-refractivity contribution is 0.587. The predicted molar refractivity (Wildman–Crippen MR) is 81.7 cm³/mol. The number of halogens is 3. The van der Waals surface area contributed by atoms with Crippen LogP contribution in [0.2, 0.25) is 10.0 Å². The van der Waals surface area contributed by atoms with Crippen LogP contribution in [0.3, 0.4) is 0 Å². The van der Waals surface area contributed by atoms with Crippen LogP contribution in [0, 0.1) is 5.82 Å². The lowest BCUT2D eigenvalue weighted by atomic mass is 10.0. The van der Waals surface area contributed by atoms with Gasteiger partial charge < -0.3 is 5.32 Å². The first-order chi connectivity index (χ1) is 9.61. The molecule has 2 aromatic carbocycles. The van der Waals surface area contributed by atoms with Gasteiger partial charge in [-0.25, -0.2) is 4.39 Å². The molecule has 1 fully saturated rings. The molecule has 1 saturated carbocycles. The minimum absolute atomic E-state index is 0.202. The van der Waals surface area contributed by atoms with E-state index in [9.17, 15) is 4.39 Å². The number of nitrogens with one attached hydrogen (secondary N) is 1. The topological polar surface area (TPSA) is 12.0 Å². The van der Waals surface area contributed by atoms with Gasteiger partial charge in [-0.1, -0.05) is 35.3 Å². The molecule has 0 aromatic heterocycles. The summed E-state index contributed by atoms with van der Waals surface area (Å²) in [6, 6.07) is 11.0. The molecule has 1 aliphatic rings. The van der Waals surface area contributed by atoms with E-state index < -0.39 is 0 Å². The normalized spacial score (nSPS) is 14.6. The van der Waals surface area contributed by atoms with Crippen molar-refractivity contribution in [1.82, 2.24) is 5.32 Å².